The third-order valence-corrected chi connectivity index (χ3v) is 7.12. The number of carbonyl (C=O) groups is 1. The fourth-order valence-electron chi connectivity index (χ4n) is 5.22. The van der Waals surface area contributed by atoms with E-state index in [9.17, 15) is 4.79 Å². The molecule has 0 radical (unpaired) electrons. The Hall–Kier alpha value is -2.34. The Morgan fingerprint density at radius 1 is 1.10 bits per heavy atom. The van der Waals surface area contributed by atoms with Crippen molar-refractivity contribution < 1.29 is 9.32 Å². The van der Waals surface area contributed by atoms with E-state index in [1.165, 1.54) is 54.6 Å². The second kappa shape index (κ2) is 9.43. The van der Waals surface area contributed by atoms with Crippen LogP contribution in [0.2, 0.25) is 0 Å². The summed E-state index contributed by atoms with van der Waals surface area (Å²) >= 11 is 0. The van der Waals surface area contributed by atoms with Crippen LogP contribution in [0.1, 0.15) is 72.1 Å². The zero-order valence-electron chi connectivity index (χ0n) is 19.5. The molecule has 0 aromatic carbocycles. The van der Waals surface area contributed by atoms with Gasteiger partial charge in [0, 0.05) is 61.8 Å². The molecule has 3 heterocycles. The minimum atomic E-state index is 0.111. The van der Waals surface area contributed by atoms with Gasteiger partial charge in [0.2, 0.25) is 5.91 Å². The second-order valence-corrected chi connectivity index (χ2v) is 9.23. The van der Waals surface area contributed by atoms with Gasteiger partial charge in [-0.1, -0.05) is 24.4 Å². The third kappa shape index (κ3) is 4.79. The number of aryl methyl sites for hydroxylation is 3. The van der Waals surface area contributed by atoms with Crippen molar-refractivity contribution in [2.24, 2.45) is 0 Å². The van der Waals surface area contributed by atoms with Crippen molar-refractivity contribution in [1.29, 1.82) is 0 Å². The van der Waals surface area contributed by atoms with Crippen molar-refractivity contribution in [2.45, 2.75) is 72.4 Å². The van der Waals surface area contributed by atoms with E-state index in [-0.39, 0.29) is 5.91 Å². The number of carbonyl (C=O) groups excluding carboxylic acids is 1. The molecule has 1 amide bonds. The number of hydrogen-bond acceptors (Lipinski definition) is 4. The van der Waals surface area contributed by atoms with Gasteiger partial charge in [-0.3, -0.25) is 9.69 Å². The van der Waals surface area contributed by atoms with E-state index < -0.39 is 0 Å². The maximum absolute atomic E-state index is 12.8. The maximum atomic E-state index is 12.8. The fraction of sp³-hybridized carbons (Fsp3) is 0.600. The van der Waals surface area contributed by atoms with Gasteiger partial charge >= 0.3 is 0 Å². The van der Waals surface area contributed by atoms with E-state index >= 15 is 0 Å². The molecule has 4 rings (SSSR count). The van der Waals surface area contributed by atoms with Gasteiger partial charge < -0.3 is 14.0 Å². The van der Waals surface area contributed by atoms with Gasteiger partial charge in [0.15, 0.2) is 0 Å². The van der Waals surface area contributed by atoms with E-state index in [0.29, 0.717) is 6.04 Å². The Kier molecular flexibility index (Phi) is 6.65. The molecule has 6 nitrogen and oxygen atoms in total. The van der Waals surface area contributed by atoms with Crippen LogP contribution in [0.4, 0.5) is 0 Å². The Morgan fingerprint density at radius 2 is 1.81 bits per heavy atom. The van der Waals surface area contributed by atoms with Crippen molar-refractivity contribution in [3.63, 3.8) is 0 Å². The molecule has 6 heteroatoms. The summed E-state index contributed by atoms with van der Waals surface area (Å²) in [6.45, 7) is 12.4. The molecular weight excluding hydrogens is 388 g/mol. The summed E-state index contributed by atoms with van der Waals surface area (Å²) in [5.41, 5.74) is 5.91. The minimum Gasteiger partial charge on any atom is -0.361 e. The third-order valence-electron chi connectivity index (χ3n) is 7.12. The summed E-state index contributed by atoms with van der Waals surface area (Å²) in [5.74, 6) is 1.00. The normalized spacial score (nSPS) is 18.9. The molecule has 1 saturated carbocycles. The van der Waals surface area contributed by atoms with Gasteiger partial charge in [0.05, 0.1) is 5.69 Å². The summed E-state index contributed by atoms with van der Waals surface area (Å²) in [7, 11) is 0. The molecule has 0 unspecified atom stereocenters. The molecule has 0 atom stereocenters. The molecule has 0 N–H and O–H groups in total. The van der Waals surface area contributed by atoms with Gasteiger partial charge in [-0.2, -0.15) is 0 Å². The number of amides is 1. The molecule has 168 valence electrons. The largest absolute Gasteiger partial charge is 0.361 e. The molecule has 2 aromatic rings. The van der Waals surface area contributed by atoms with E-state index in [1.54, 1.807) is 6.08 Å². The number of piperazine rings is 1. The van der Waals surface area contributed by atoms with Crippen LogP contribution in [-0.4, -0.2) is 51.6 Å². The van der Waals surface area contributed by atoms with Crippen molar-refractivity contribution in [2.75, 3.05) is 26.2 Å². The first-order chi connectivity index (χ1) is 14.9. The van der Waals surface area contributed by atoms with E-state index in [4.69, 9.17) is 4.52 Å². The molecule has 1 aliphatic carbocycles. The van der Waals surface area contributed by atoms with E-state index in [2.05, 4.69) is 34.5 Å². The monoisotopic (exact) mass is 424 g/mol. The van der Waals surface area contributed by atoms with Crippen LogP contribution >= 0.6 is 0 Å². The predicted molar refractivity (Wildman–Crippen MR) is 123 cm³/mol. The highest BCUT2D eigenvalue weighted by Gasteiger charge is 2.22. The number of rotatable bonds is 5. The summed E-state index contributed by atoms with van der Waals surface area (Å²) in [6, 6.07) is 2.85. The molecule has 31 heavy (non-hydrogen) atoms. The molecule has 2 fully saturated rings. The lowest BCUT2D eigenvalue weighted by Gasteiger charge is -2.34. The van der Waals surface area contributed by atoms with Gasteiger partial charge in [-0.05, 0) is 58.2 Å². The Balaban J connectivity index is 1.34. The van der Waals surface area contributed by atoms with Crippen LogP contribution in [0.5, 0.6) is 0 Å². The van der Waals surface area contributed by atoms with Crippen molar-refractivity contribution in [3.05, 3.63) is 46.1 Å². The van der Waals surface area contributed by atoms with Crippen molar-refractivity contribution in [3.8, 4) is 0 Å². The number of aromatic nitrogens is 2. The Bertz CT molecular complexity index is 922. The first-order valence-corrected chi connectivity index (χ1v) is 11.7. The van der Waals surface area contributed by atoms with Crippen LogP contribution < -0.4 is 0 Å². The lowest BCUT2D eigenvalue weighted by molar-refractivity contribution is -0.127. The van der Waals surface area contributed by atoms with Gasteiger partial charge in [-0.15, -0.1) is 0 Å². The van der Waals surface area contributed by atoms with Crippen LogP contribution in [0.15, 0.2) is 16.7 Å². The van der Waals surface area contributed by atoms with Crippen LogP contribution in [0.3, 0.4) is 0 Å². The van der Waals surface area contributed by atoms with E-state index in [0.717, 1.165) is 44.2 Å². The minimum absolute atomic E-state index is 0.111. The summed E-state index contributed by atoms with van der Waals surface area (Å²) in [6.07, 6.45) is 10.3. The highest BCUT2D eigenvalue weighted by atomic mass is 16.5. The Labute approximate surface area is 185 Å². The first-order valence-electron chi connectivity index (χ1n) is 11.7. The molecule has 1 aliphatic heterocycles. The lowest BCUT2D eigenvalue weighted by Crippen LogP contribution is -2.47. The molecule has 0 spiro atoms. The molecular formula is C25H36N4O2. The standard InChI is InChI=1S/C25H36N4O2/c1-18-16-22(20(3)29(18)23-8-6-5-7-9-23)10-11-25(30)28-14-12-27(13-15-28)17-24-19(2)26-31-21(24)4/h10-11,16,23H,5-9,12-15,17H2,1-4H3. The van der Waals surface area contributed by atoms with Crippen molar-refractivity contribution in [1.82, 2.24) is 19.5 Å². The molecule has 2 aromatic heterocycles. The summed E-state index contributed by atoms with van der Waals surface area (Å²) in [5, 5.41) is 4.05. The van der Waals surface area contributed by atoms with Gasteiger partial charge in [0.25, 0.3) is 0 Å². The fourth-order valence-corrected chi connectivity index (χ4v) is 5.22. The van der Waals surface area contributed by atoms with Crippen LogP contribution in [0.25, 0.3) is 6.08 Å². The zero-order valence-corrected chi connectivity index (χ0v) is 19.5. The molecule has 0 bridgehead atoms. The SMILES string of the molecule is Cc1noc(C)c1CN1CCN(C(=O)C=Cc2cc(C)n(C3CCCCC3)c2C)CC1. The average Bonchev–Trinajstić information content (AvgIpc) is 3.25. The zero-order chi connectivity index (χ0) is 22.0. The number of nitrogens with zero attached hydrogens (tertiary/aromatic N) is 4. The molecule has 2 aliphatic rings. The van der Waals surface area contributed by atoms with Crippen LogP contribution in [-0.2, 0) is 11.3 Å². The molecule has 1 saturated heterocycles. The second-order valence-electron chi connectivity index (χ2n) is 9.23. The Morgan fingerprint density at radius 3 is 2.45 bits per heavy atom. The van der Waals surface area contributed by atoms with Crippen LogP contribution in [0, 0.1) is 27.7 Å². The highest BCUT2D eigenvalue weighted by Crippen LogP contribution is 2.32. The first kappa shape index (κ1) is 21.9. The number of hydrogen-bond donors (Lipinski definition) is 0. The topological polar surface area (TPSA) is 54.5 Å². The maximum Gasteiger partial charge on any atom is 0.246 e. The summed E-state index contributed by atoms with van der Waals surface area (Å²) < 4.78 is 7.77. The lowest BCUT2D eigenvalue weighted by atomic mass is 9.95. The quantitative estimate of drug-likeness (QED) is 0.660. The average molecular weight is 425 g/mol. The highest BCUT2D eigenvalue weighted by molar-refractivity contribution is 5.92. The summed E-state index contributed by atoms with van der Waals surface area (Å²) in [4.78, 5) is 17.1. The van der Waals surface area contributed by atoms with E-state index in [1.807, 2.05) is 24.8 Å². The predicted octanol–water partition coefficient (Wildman–Crippen LogP) is 4.57. The van der Waals surface area contributed by atoms with Crippen molar-refractivity contribution >= 4 is 12.0 Å². The smallest absolute Gasteiger partial charge is 0.246 e. The van der Waals surface area contributed by atoms with Gasteiger partial charge in [0.1, 0.15) is 5.76 Å². The van der Waals surface area contributed by atoms with Gasteiger partial charge in [-0.25, -0.2) is 0 Å².